The van der Waals surface area contributed by atoms with Crippen molar-refractivity contribution in [2.24, 2.45) is 0 Å². The smallest absolute Gasteiger partial charge is 0.223 e. The molecule has 1 fully saturated rings. The van der Waals surface area contributed by atoms with Crippen molar-refractivity contribution < 1.29 is 9.53 Å². The van der Waals surface area contributed by atoms with Gasteiger partial charge in [0.05, 0.1) is 18.0 Å². The van der Waals surface area contributed by atoms with Crippen LogP contribution in [-0.2, 0) is 4.79 Å². The van der Waals surface area contributed by atoms with Crippen molar-refractivity contribution in [1.82, 2.24) is 14.9 Å². The Labute approximate surface area is 143 Å². The van der Waals surface area contributed by atoms with Crippen LogP contribution in [0, 0.1) is 0 Å². The molecule has 0 bridgehead atoms. The summed E-state index contributed by atoms with van der Waals surface area (Å²) in [6.45, 7) is 8.86. The fourth-order valence-corrected chi connectivity index (χ4v) is 3.11. The number of carbonyl (C=O) groups is 1. The van der Waals surface area contributed by atoms with Gasteiger partial charge in [-0.05, 0) is 39.8 Å². The number of amides is 1. The van der Waals surface area contributed by atoms with Gasteiger partial charge in [0.2, 0.25) is 5.91 Å². The molecule has 0 unspecified atom stereocenters. The first-order chi connectivity index (χ1) is 11.4. The first kappa shape index (κ1) is 16.6. The Hall–Kier alpha value is -2.30. The minimum absolute atomic E-state index is 0.142. The Morgan fingerprint density at radius 2 is 2.08 bits per heavy atom. The van der Waals surface area contributed by atoms with E-state index in [1.165, 1.54) is 0 Å². The van der Waals surface area contributed by atoms with Gasteiger partial charge in [0.1, 0.15) is 11.6 Å². The molecule has 1 aromatic heterocycles. The molecular formula is C19H25N3O2. The average Bonchev–Trinajstić information content (AvgIpc) is 3.13. The molecule has 0 saturated carbocycles. The van der Waals surface area contributed by atoms with Gasteiger partial charge in [-0.2, -0.15) is 0 Å². The van der Waals surface area contributed by atoms with Crippen molar-refractivity contribution in [3.8, 4) is 17.0 Å². The molecule has 1 amide bonds. The van der Waals surface area contributed by atoms with Crippen LogP contribution in [0.3, 0.4) is 0 Å². The number of benzene rings is 1. The highest BCUT2D eigenvalue weighted by molar-refractivity contribution is 5.79. The van der Waals surface area contributed by atoms with Gasteiger partial charge in [0.15, 0.2) is 0 Å². The third kappa shape index (κ3) is 3.45. The second-order valence-corrected chi connectivity index (χ2v) is 6.92. The summed E-state index contributed by atoms with van der Waals surface area (Å²) < 4.78 is 5.75. The molecule has 1 atom stereocenters. The summed E-state index contributed by atoms with van der Waals surface area (Å²) in [6, 6.07) is 8.22. The number of rotatable bonds is 5. The van der Waals surface area contributed by atoms with E-state index in [1.54, 1.807) is 0 Å². The number of aromatic amines is 1. The Morgan fingerprint density at radius 3 is 2.75 bits per heavy atom. The van der Waals surface area contributed by atoms with Crippen LogP contribution in [0.4, 0.5) is 0 Å². The maximum atomic E-state index is 12.1. The van der Waals surface area contributed by atoms with Gasteiger partial charge in [0.25, 0.3) is 0 Å². The monoisotopic (exact) mass is 327 g/mol. The number of hydrogen-bond acceptors (Lipinski definition) is 3. The molecule has 0 radical (unpaired) electrons. The second kappa shape index (κ2) is 6.67. The zero-order valence-corrected chi connectivity index (χ0v) is 14.7. The Morgan fingerprint density at radius 1 is 1.29 bits per heavy atom. The van der Waals surface area contributed by atoms with Crippen molar-refractivity contribution >= 4 is 5.91 Å². The molecule has 0 spiro atoms. The van der Waals surface area contributed by atoms with E-state index in [-0.39, 0.29) is 24.0 Å². The highest BCUT2D eigenvalue weighted by atomic mass is 16.5. The van der Waals surface area contributed by atoms with Crippen molar-refractivity contribution in [3.63, 3.8) is 0 Å². The van der Waals surface area contributed by atoms with Crippen molar-refractivity contribution in [2.45, 2.75) is 52.2 Å². The molecule has 2 aromatic rings. The first-order valence-electron chi connectivity index (χ1n) is 8.55. The van der Waals surface area contributed by atoms with Crippen LogP contribution in [-0.4, -0.2) is 39.5 Å². The minimum Gasteiger partial charge on any atom is -0.491 e. The number of nitrogens with one attached hydrogen (secondary N) is 1. The summed E-state index contributed by atoms with van der Waals surface area (Å²) in [4.78, 5) is 21.9. The molecular weight excluding hydrogens is 302 g/mol. The molecule has 2 heterocycles. The summed E-state index contributed by atoms with van der Waals surface area (Å²) in [5.74, 6) is 2.08. The summed E-state index contributed by atoms with van der Waals surface area (Å²) in [6.07, 6.45) is 2.51. The molecule has 5 heteroatoms. The third-order valence-corrected chi connectivity index (χ3v) is 4.28. The zero-order chi connectivity index (χ0) is 17.3. The molecule has 3 rings (SSSR count). The van der Waals surface area contributed by atoms with Crippen LogP contribution >= 0.6 is 0 Å². The molecule has 1 N–H and O–H groups in total. The number of H-pyrrole nitrogens is 1. The third-order valence-electron chi connectivity index (χ3n) is 4.28. The van der Waals surface area contributed by atoms with Gasteiger partial charge in [-0.15, -0.1) is 0 Å². The minimum atomic E-state index is 0.142. The van der Waals surface area contributed by atoms with Crippen molar-refractivity contribution in [3.05, 3.63) is 36.3 Å². The van der Waals surface area contributed by atoms with E-state index >= 15 is 0 Å². The first-order valence-corrected chi connectivity index (χ1v) is 8.55. The number of hydrogen-bond donors (Lipinski definition) is 1. The molecule has 1 aliphatic heterocycles. The summed E-state index contributed by atoms with van der Waals surface area (Å²) in [5.41, 5.74) is 1.99. The fraction of sp³-hybridized carbons (Fsp3) is 0.474. The number of ether oxygens (including phenoxy) is 1. The Balaban J connectivity index is 1.78. The van der Waals surface area contributed by atoms with E-state index in [0.29, 0.717) is 6.42 Å². The normalized spacial score (nSPS) is 18.0. The van der Waals surface area contributed by atoms with Crippen LogP contribution in [0.2, 0.25) is 0 Å². The van der Waals surface area contributed by atoms with E-state index in [9.17, 15) is 4.79 Å². The second-order valence-electron chi connectivity index (χ2n) is 6.92. The van der Waals surface area contributed by atoms with Crippen molar-refractivity contribution in [1.29, 1.82) is 0 Å². The highest BCUT2D eigenvalue weighted by Gasteiger charge is 2.33. The molecule has 128 valence electrons. The fourth-order valence-electron chi connectivity index (χ4n) is 3.11. The van der Waals surface area contributed by atoms with Gasteiger partial charge >= 0.3 is 0 Å². The lowest BCUT2D eigenvalue weighted by atomic mass is 10.1. The molecule has 1 saturated heterocycles. The van der Waals surface area contributed by atoms with E-state index in [2.05, 4.69) is 9.97 Å². The van der Waals surface area contributed by atoms with E-state index in [0.717, 1.165) is 29.4 Å². The predicted molar refractivity (Wildman–Crippen MR) is 94.0 cm³/mol. The Kier molecular flexibility index (Phi) is 4.60. The standard InChI is InChI=1S/C19H25N3O2/c1-12(2)22-11-15(9-18(22)23)19-20-10-17(21-19)14-6-5-7-16(8-14)24-13(3)4/h5-8,10,12-13,15H,9,11H2,1-4H3,(H,20,21)/t15-/m0/s1. The lowest BCUT2D eigenvalue weighted by molar-refractivity contribution is -0.129. The number of nitrogens with zero attached hydrogens (tertiary/aromatic N) is 2. The van der Waals surface area contributed by atoms with Gasteiger partial charge in [-0.3, -0.25) is 4.79 Å². The lowest BCUT2D eigenvalue weighted by Crippen LogP contribution is -2.31. The van der Waals surface area contributed by atoms with Crippen LogP contribution < -0.4 is 4.74 Å². The molecule has 24 heavy (non-hydrogen) atoms. The van der Waals surface area contributed by atoms with Crippen LogP contribution in [0.1, 0.15) is 45.9 Å². The maximum absolute atomic E-state index is 12.1. The highest BCUT2D eigenvalue weighted by Crippen LogP contribution is 2.30. The predicted octanol–water partition coefficient (Wildman–Crippen LogP) is 3.59. The summed E-state index contributed by atoms with van der Waals surface area (Å²) >= 11 is 0. The summed E-state index contributed by atoms with van der Waals surface area (Å²) in [7, 11) is 0. The topological polar surface area (TPSA) is 58.2 Å². The largest absolute Gasteiger partial charge is 0.491 e. The SMILES string of the molecule is CC(C)Oc1cccc(-c2cnc([C@H]3CC(=O)N(C(C)C)C3)[nH]2)c1. The van der Waals surface area contributed by atoms with Crippen molar-refractivity contribution in [2.75, 3.05) is 6.54 Å². The van der Waals surface area contributed by atoms with Crippen LogP contribution in [0.5, 0.6) is 5.75 Å². The molecule has 1 aliphatic rings. The van der Waals surface area contributed by atoms with Crippen LogP contribution in [0.15, 0.2) is 30.5 Å². The zero-order valence-electron chi connectivity index (χ0n) is 14.7. The number of carbonyl (C=O) groups excluding carboxylic acids is 1. The van der Waals surface area contributed by atoms with Crippen LogP contribution in [0.25, 0.3) is 11.3 Å². The van der Waals surface area contributed by atoms with Gasteiger partial charge in [0, 0.05) is 30.5 Å². The van der Waals surface area contributed by atoms with Gasteiger partial charge < -0.3 is 14.6 Å². The molecule has 1 aromatic carbocycles. The van der Waals surface area contributed by atoms with E-state index < -0.39 is 0 Å². The number of imidazole rings is 1. The average molecular weight is 327 g/mol. The van der Waals surface area contributed by atoms with Gasteiger partial charge in [-0.1, -0.05) is 12.1 Å². The molecule has 0 aliphatic carbocycles. The van der Waals surface area contributed by atoms with E-state index in [1.807, 2.05) is 63.1 Å². The molecule has 5 nitrogen and oxygen atoms in total. The lowest BCUT2D eigenvalue weighted by Gasteiger charge is -2.20. The summed E-state index contributed by atoms with van der Waals surface area (Å²) in [5, 5.41) is 0. The number of aromatic nitrogens is 2. The van der Waals surface area contributed by atoms with Gasteiger partial charge in [-0.25, -0.2) is 4.98 Å². The maximum Gasteiger partial charge on any atom is 0.223 e. The quantitative estimate of drug-likeness (QED) is 0.913. The van der Waals surface area contributed by atoms with E-state index in [4.69, 9.17) is 4.74 Å². The number of likely N-dealkylation sites (tertiary alicyclic amines) is 1. The Bertz CT molecular complexity index is 721.